The maximum atomic E-state index is 8.53. The summed E-state index contributed by atoms with van der Waals surface area (Å²) in [5.41, 5.74) is 0.859. The SMILES string of the molecule is CCCCCCCCCCCCOC[n+]1cccc(C=NO)c1. The molecule has 0 aromatic carbocycles. The first kappa shape index (κ1) is 19.6. The molecule has 0 radical (unpaired) electrons. The molecule has 4 heteroatoms. The molecule has 0 bridgehead atoms. The van der Waals surface area contributed by atoms with Gasteiger partial charge in [0, 0.05) is 6.07 Å². The number of hydrogen-bond acceptors (Lipinski definition) is 3. The number of ether oxygens (including phenoxy) is 1. The molecule has 4 nitrogen and oxygen atoms in total. The van der Waals surface area contributed by atoms with Gasteiger partial charge in [-0.25, -0.2) is 0 Å². The van der Waals surface area contributed by atoms with Crippen molar-refractivity contribution in [1.29, 1.82) is 0 Å². The van der Waals surface area contributed by atoms with Crippen molar-refractivity contribution >= 4 is 6.21 Å². The molecule has 0 aliphatic rings. The predicted molar refractivity (Wildman–Crippen MR) is 93.8 cm³/mol. The van der Waals surface area contributed by atoms with Gasteiger partial charge in [0.15, 0.2) is 12.4 Å². The largest absolute Gasteiger partial charge is 0.411 e. The molecular formula is C19H33N2O2+. The number of unbranched alkanes of at least 4 members (excludes halogenated alkanes) is 9. The molecule has 0 unspecified atom stereocenters. The zero-order chi connectivity index (χ0) is 16.6. The molecule has 23 heavy (non-hydrogen) atoms. The zero-order valence-electron chi connectivity index (χ0n) is 14.6. The number of nitrogens with zero attached hydrogens (tertiary/aromatic N) is 2. The zero-order valence-corrected chi connectivity index (χ0v) is 14.6. The molecule has 0 saturated heterocycles. The summed E-state index contributed by atoms with van der Waals surface area (Å²) in [6.07, 6.45) is 18.7. The summed E-state index contributed by atoms with van der Waals surface area (Å²) < 4.78 is 7.63. The number of aromatic nitrogens is 1. The van der Waals surface area contributed by atoms with Gasteiger partial charge in [0.05, 0.1) is 18.4 Å². The van der Waals surface area contributed by atoms with E-state index in [-0.39, 0.29) is 0 Å². The molecule has 130 valence electrons. The number of rotatable bonds is 14. The average molecular weight is 321 g/mol. The monoisotopic (exact) mass is 321 g/mol. The van der Waals surface area contributed by atoms with Crippen LogP contribution >= 0.6 is 0 Å². The minimum absolute atomic E-state index is 0.546. The quantitative estimate of drug-likeness (QED) is 0.178. The van der Waals surface area contributed by atoms with Crippen LogP contribution in [0.2, 0.25) is 0 Å². The van der Waals surface area contributed by atoms with Crippen molar-refractivity contribution in [2.24, 2.45) is 5.16 Å². The molecule has 1 rings (SSSR count). The van der Waals surface area contributed by atoms with Crippen LogP contribution in [0.15, 0.2) is 29.7 Å². The van der Waals surface area contributed by atoms with Crippen LogP contribution < -0.4 is 4.57 Å². The van der Waals surface area contributed by atoms with E-state index in [1.54, 1.807) is 0 Å². The van der Waals surface area contributed by atoms with Crippen LogP contribution in [-0.4, -0.2) is 18.0 Å². The Hall–Kier alpha value is -1.42. The van der Waals surface area contributed by atoms with E-state index in [2.05, 4.69) is 12.1 Å². The van der Waals surface area contributed by atoms with E-state index in [1.807, 2.05) is 29.1 Å². The highest BCUT2D eigenvalue weighted by Crippen LogP contribution is 2.10. The van der Waals surface area contributed by atoms with Crippen LogP contribution in [0.4, 0.5) is 0 Å². The van der Waals surface area contributed by atoms with E-state index >= 15 is 0 Å². The predicted octanol–water partition coefficient (Wildman–Crippen LogP) is 4.68. The molecular weight excluding hydrogens is 288 g/mol. The second-order valence-electron chi connectivity index (χ2n) is 6.12. The van der Waals surface area contributed by atoms with E-state index in [9.17, 15) is 0 Å². The van der Waals surface area contributed by atoms with E-state index < -0.39 is 0 Å². The van der Waals surface area contributed by atoms with Crippen molar-refractivity contribution < 1.29 is 14.5 Å². The van der Waals surface area contributed by atoms with Gasteiger partial charge in [-0.05, 0) is 12.5 Å². The molecule has 1 aromatic rings. The molecule has 0 amide bonds. The molecule has 1 N–H and O–H groups in total. The molecule has 1 aromatic heterocycles. The number of pyridine rings is 1. The van der Waals surface area contributed by atoms with Gasteiger partial charge in [-0.1, -0.05) is 69.9 Å². The van der Waals surface area contributed by atoms with Gasteiger partial charge in [-0.15, -0.1) is 0 Å². The van der Waals surface area contributed by atoms with Gasteiger partial charge in [0.25, 0.3) is 6.73 Å². The normalized spacial score (nSPS) is 11.3. The fourth-order valence-corrected chi connectivity index (χ4v) is 2.63. The topological polar surface area (TPSA) is 45.7 Å². The Morgan fingerprint density at radius 2 is 1.70 bits per heavy atom. The summed E-state index contributed by atoms with van der Waals surface area (Å²) in [5, 5.41) is 11.6. The van der Waals surface area contributed by atoms with Crippen molar-refractivity contribution in [1.82, 2.24) is 0 Å². The average Bonchev–Trinajstić information content (AvgIpc) is 2.56. The minimum atomic E-state index is 0.546. The number of oxime groups is 1. The molecule has 0 aliphatic heterocycles. The highest BCUT2D eigenvalue weighted by molar-refractivity contribution is 5.77. The Morgan fingerprint density at radius 1 is 1.04 bits per heavy atom. The Bertz CT molecular complexity index is 422. The fraction of sp³-hybridized carbons (Fsp3) is 0.684. The molecule has 0 spiro atoms. The lowest BCUT2D eigenvalue weighted by atomic mass is 10.1. The summed E-state index contributed by atoms with van der Waals surface area (Å²) in [4.78, 5) is 0. The summed E-state index contributed by atoms with van der Waals surface area (Å²) in [6.45, 7) is 3.62. The Morgan fingerprint density at radius 3 is 2.35 bits per heavy atom. The van der Waals surface area contributed by atoms with Crippen molar-refractivity contribution in [2.75, 3.05) is 6.61 Å². The van der Waals surface area contributed by atoms with Crippen LogP contribution in [0.3, 0.4) is 0 Å². The lowest BCUT2D eigenvalue weighted by Gasteiger charge is -2.03. The van der Waals surface area contributed by atoms with Crippen LogP contribution in [-0.2, 0) is 11.5 Å². The van der Waals surface area contributed by atoms with Gasteiger partial charge in [0.2, 0.25) is 0 Å². The third-order valence-electron chi connectivity index (χ3n) is 3.97. The lowest BCUT2D eigenvalue weighted by molar-refractivity contribution is -0.732. The Kier molecular flexibility index (Phi) is 12.1. The van der Waals surface area contributed by atoms with E-state index in [1.165, 1.54) is 64.0 Å². The summed E-state index contributed by atoms with van der Waals surface area (Å²) in [6, 6.07) is 3.80. The van der Waals surface area contributed by atoms with E-state index in [4.69, 9.17) is 9.94 Å². The lowest BCUT2D eigenvalue weighted by Crippen LogP contribution is -2.34. The van der Waals surface area contributed by atoms with Crippen LogP contribution in [0.25, 0.3) is 0 Å². The molecule has 0 saturated carbocycles. The highest BCUT2D eigenvalue weighted by Gasteiger charge is 2.01. The van der Waals surface area contributed by atoms with Crippen LogP contribution in [0, 0.1) is 0 Å². The molecule has 0 atom stereocenters. The van der Waals surface area contributed by atoms with Crippen molar-refractivity contribution in [3.8, 4) is 0 Å². The van der Waals surface area contributed by atoms with Crippen LogP contribution in [0.5, 0.6) is 0 Å². The van der Waals surface area contributed by atoms with Crippen molar-refractivity contribution in [3.05, 3.63) is 30.1 Å². The van der Waals surface area contributed by atoms with Gasteiger partial charge >= 0.3 is 0 Å². The first-order chi connectivity index (χ1) is 11.4. The standard InChI is InChI=1S/C19H32N2O2/c1-2-3-4-5-6-7-8-9-10-11-15-23-18-21-14-12-13-19(17-21)16-20-22/h12-14,16-17H,2-11,15,18H2,1H3/p+1. The second kappa shape index (κ2) is 14.2. The van der Waals surface area contributed by atoms with E-state index in [0.29, 0.717) is 6.73 Å². The second-order valence-corrected chi connectivity index (χ2v) is 6.12. The van der Waals surface area contributed by atoms with Crippen molar-refractivity contribution in [2.45, 2.75) is 77.9 Å². The molecule has 0 aliphatic carbocycles. The maximum Gasteiger partial charge on any atom is 0.252 e. The Labute approximate surface area is 141 Å². The maximum absolute atomic E-state index is 8.53. The minimum Gasteiger partial charge on any atom is -0.411 e. The summed E-state index contributed by atoms with van der Waals surface area (Å²) in [5.74, 6) is 0. The van der Waals surface area contributed by atoms with Gasteiger partial charge < -0.3 is 9.94 Å². The van der Waals surface area contributed by atoms with E-state index in [0.717, 1.165) is 18.6 Å². The third-order valence-corrected chi connectivity index (χ3v) is 3.97. The van der Waals surface area contributed by atoms with Gasteiger partial charge in [-0.3, -0.25) is 0 Å². The highest BCUT2D eigenvalue weighted by atomic mass is 16.5. The van der Waals surface area contributed by atoms with Gasteiger partial charge in [-0.2, -0.15) is 4.57 Å². The van der Waals surface area contributed by atoms with Crippen LogP contribution in [0.1, 0.15) is 76.7 Å². The third kappa shape index (κ3) is 10.9. The molecule has 1 heterocycles. The summed E-state index contributed by atoms with van der Waals surface area (Å²) >= 11 is 0. The smallest absolute Gasteiger partial charge is 0.252 e. The Balaban J connectivity index is 1.92. The van der Waals surface area contributed by atoms with Crippen molar-refractivity contribution in [3.63, 3.8) is 0 Å². The molecule has 0 fully saturated rings. The summed E-state index contributed by atoms with van der Waals surface area (Å²) in [7, 11) is 0. The first-order valence-electron chi connectivity index (χ1n) is 9.11. The van der Waals surface area contributed by atoms with Gasteiger partial charge in [0.1, 0.15) is 0 Å². The fourth-order valence-electron chi connectivity index (χ4n) is 2.63. The number of hydrogen-bond donors (Lipinski definition) is 1. The first-order valence-corrected chi connectivity index (χ1v) is 9.11.